The molecule has 1 aliphatic rings. The van der Waals surface area contributed by atoms with E-state index in [0.29, 0.717) is 13.0 Å². The van der Waals surface area contributed by atoms with Crippen molar-refractivity contribution < 1.29 is 22.9 Å². The van der Waals surface area contributed by atoms with Crippen LogP contribution in [0.2, 0.25) is 58.9 Å². The highest BCUT2D eigenvalue weighted by Crippen LogP contribution is 2.38. The average molecular weight is 612 g/mol. The van der Waals surface area contributed by atoms with Crippen LogP contribution in [-0.2, 0) is 22.9 Å². The number of unbranched alkanes of at least 4 members (excludes halogenated alkanes) is 3. The van der Waals surface area contributed by atoms with Crippen LogP contribution in [0.15, 0.2) is 29.5 Å². The Morgan fingerprint density at radius 3 is 2.23 bits per heavy atom. The van der Waals surface area contributed by atoms with Crippen molar-refractivity contribution in [3.63, 3.8) is 0 Å². The van der Waals surface area contributed by atoms with E-state index in [1.54, 1.807) is 0 Å². The minimum atomic E-state index is -1.82. The Morgan fingerprint density at radius 2 is 1.65 bits per heavy atom. The van der Waals surface area contributed by atoms with E-state index in [-0.39, 0.29) is 30.0 Å². The van der Waals surface area contributed by atoms with Gasteiger partial charge in [0.25, 0.3) is 5.97 Å². The second-order valence-electron chi connectivity index (χ2n) is 14.0. The van der Waals surface area contributed by atoms with Crippen LogP contribution < -0.4 is 0 Å². The highest BCUT2D eigenvalue weighted by molar-refractivity contribution is 6.71. The maximum atomic E-state index is 12.1. The number of oxime groups is 1. The number of hydrogen-bond acceptors (Lipinski definition) is 6. The van der Waals surface area contributed by atoms with Crippen LogP contribution in [0.3, 0.4) is 0 Å². The minimum Gasteiger partial charge on any atom is -0.520 e. The van der Waals surface area contributed by atoms with Crippen molar-refractivity contribution in [1.82, 2.24) is 0 Å². The van der Waals surface area contributed by atoms with Gasteiger partial charge in [0, 0.05) is 24.7 Å². The van der Waals surface area contributed by atoms with E-state index in [1.165, 1.54) is 19.3 Å². The van der Waals surface area contributed by atoms with Gasteiger partial charge in [-0.15, -0.1) is 0 Å². The van der Waals surface area contributed by atoms with Gasteiger partial charge in [-0.1, -0.05) is 55.6 Å². The summed E-state index contributed by atoms with van der Waals surface area (Å²) in [6.07, 6.45) is 17.9. The van der Waals surface area contributed by atoms with E-state index in [1.807, 2.05) is 26.6 Å². The largest absolute Gasteiger partial charge is 0.520 e. The van der Waals surface area contributed by atoms with E-state index in [9.17, 15) is 4.79 Å². The number of hydrogen-bond donors (Lipinski definition) is 0. The monoisotopic (exact) mass is 611 g/mol. The van der Waals surface area contributed by atoms with Gasteiger partial charge in [0.2, 0.25) is 8.32 Å². The Hall–Kier alpha value is -1.01. The van der Waals surface area contributed by atoms with E-state index in [4.69, 9.17) is 18.1 Å². The van der Waals surface area contributed by atoms with Crippen molar-refractivity contribution in [2.45, 2.75) is 143 Å². The molecule has 0 aromatic heterocycles. The van der Waals surface area contributed by atoms with Crippen LogP contribution in [0, 0.1) is 11.8 Å². The summed E-state index contributed by atoms with van der Waals surface area (Å²) < 4.78 is 18.9. The fraction of sp³-hybridized carbons (Fsp3) is 0.806. The molecule has 4 unspecified atom stereocenters. The zero-order valence-electron chi connectivity index (χ0n) is 27.7. The molecule has 0 saturated heterocycles. The SMILES string of the molecule is CCCCCC(/C=C/C1C(O[Si](C)(C)C)C/C(=N\OCC)C1C/C=C/CCCC(=O)O[Si](C)(C)C)O[Si](C)(C)C. The fourth-order valence-electron chi connectivity index (χ4n) is 4.97. The predicted molar refractivity (Wildman–Crippen MR) is 177 cm³/mol. The van der Waals surface area contributed by atoms with Gasteiger partial charge in [-0.3, -0.25) is 4.79 Å². The Kier molecular flexibility index (Phi) is 16.5. The molecular weight excluding hydrogens is 551 g/mol. The van der Waals surface area contributed by atoms with Gasteiger partial charge in [-0.05, 0) is 91.5 Å². The first kappa shape index (κ1) is 37.0. The third-order valence-electron chi connectivity index (χ3n) is 6.42. The molecule has 0 N–H and O–H groups in total. The van der Waals surface area contributed by atoms with Crippen LogP contribution in [0.5, 0.6) is 0 Å². The molecule has 232 valence electrons. The lowest BCUT2D eigenvalue weighted by Gasteiger charge is -2.29. The highest BCUT2D eigenvalue weighted by atomic mass is 28.4. The number of carbonyl (C=O) groups is 1. The molecule has 1 saturated carbocycles. The highest BCUT2D eigenvalue weighted by Gasteiger charge is 2.42. The number of rotatable bonds is 19. The lowest BCUT2D eigenvalue weighted by Crippen LogP contribution is -2.35. The lowest BCUT2D eigenvalue weighted by molar-refractivity contribution is -0.135. The normalized spacial score (nSPS) is 22.5. The molecule has 4 atom stereocenters. The molecule has 0 spiro atoms. The maximum absolute atomic E-state index is 12.1. The van der Waals surface area contributed by atoms with Crippen molar-refractivity contribution in [3.8, 4) is 0 Å². The third-order valence-corrected chi connectivity index (χ3v) is 9.28. The Balaban J connectivity index is 3.08. The number of allylic oxidation sites excluding steroid dienone is 2. The standard InChI is InChI=1S/C31H61NO5Si3/c1-12-14-17-20-26(35-38(3,4)5)23-24-28-27(21-18-15-16-19-22-31(33)37-40(9,10)11)29(32-34-13-2)25-30(28)36-39(6,7)8/h15,18,23-24,26-28,30H,12-14,16-17,19-22,25H2,1-11H3/b18-15+,24-23+,32-29+. The van der Waals surface area contributed by atoms with Crippen LogP contribution in [0.25, 0.3) is 0 Å². The van der Waals surface area contributed by atoms with E-state index in [2.05, 4.69) is 75.7 Å². The molecule has 0 bridgehead atoms. The summed E-state index contributed by atoms with van der Waals surface area (Å²) in [4.78, 5) is 17.6. The summed E-state index contributed by atoms with van der Waals surface area (Å²) >= 11 is 0. The summed E-state index contributed by atoms with van der Waals surface area (Å²) in [5, 5.41) is 4.58. The van der Waals surface area contributed by atoms with E-state index >= 15 is 0 Å². The van der Waals surface area contributed by atoms with Gasteiger partial charge >= 0.3 is 0 Å². The molecule has 40 heavy (non-hydrogen) atoms. The van der Waals surface area contributed by atoms with Crippen LogP contribution in [-0.4, -0.2) is 55.4 Å². The first-order chi connectivity index (χ1) is 18.5. The van der Waals surface area contributed by atoms with Gasteiger partial charge in [0.1, 0.15) is 6.61 Å². The smallest absolute Gasteiger partial charge is 0.292 e. The van der Waals surface area contributed by atoms with Gasteiger partial charge in [-0.2, -0.15) is 0 Å². The number of nitrogens with zero attached hydrogens (tertiary/aromatic N) is 1. The molecule has 0 aromatic carbocycles. The van der Waals surface area contributed by atoms with Crippen molar-refractivity contribution >= 4 is 36.6 Å². The molecule has 1 fully saturated rings. The van der Waals surface area contributed by atoms with Crippen molar-refractivity contribution in [1.29, 1.82) is 0 Å². The molecule has 0 aromatic rings. The van der Waals surface area contributed by atoms with Crippen LogP contribution in [0.4, 0.5) is 0 Å². The molecule has 1 aliphatic carbocycles. The quantitative estimate of drug-likeness (QED) is 0.0631. The molecular formula is C31H61NO5Si3. The van der Waals surface area contributed by atoms with Gasteiger partial charge in [0.05, 0.1) is 17.9 Å². The first-order valence-corrected chi connectivity index (χ1v) is 25.9. The minimum absolute atomic E-state index is 0.0694. The van der Waals surface area contributed by atoms with Crippen LogP contribution >= 0.6 is 0 Å². The molecule has 0 amide bonds. The van der Waals surface area contributed by atoms with Gasteiger partial charge < -0.3 is 18.1 Å². The summed E-state index contributed by atoms with van der Waals surface area (Å²) in [6.45, 7) is 24.5. The molecule has 0 heterocycles. The summed E-state index contributed by atoms with van der Waals surface area (Å²) in [5.74, 6) is 0.377. The number of carbonyl (C=O) groups excluding carboxylic acids is 1. The zero-order chi connectivity index (χ0) is 30.4. The molecule has 6 nitrogen and oxygen atoms in total. The third kappa shape index (κ3) is 17.1. The Labute approximate surface area is 249 Å². The van der Waals surface area contributed by atoms with E-state index in [0.717, 1.165) is 37.8 Å². The zero-order valence-corrected chi connectivity index (χ0v) is 30.7. The van der Waals surface area contributed by atoms with Crippen LogP contribution in [0.1, 0.15) is 71.6 Å². The van der Waals surface area contributed by atoms with Gasteiger partial charge in [0.15, 0.2) is 16.6 Å². The van der Waals surface area contributed by atoms with Crippen molar-refractivity contribution in [3.05, 3.63) is 24.3 Å². The Morgan fingerprint density at radius 1 is 0.950 bits per heavy atom. The second-order valence-corrected chi connectivity index (χ2v) is 27.3. The summed E-state index contributed by atoms with van der Waals surface area (Å²) in [5.41, 5.74) is 1.09. The average Bonchev–Trinajstić information content (AvgIpc) is 3.10. The topological polar surface area (TPSA) is 66.4 Å². The molecule has 1 rings (SSSR count). The van der Waals surface area contributed by atoms with Crippen molar-refractivity contribution in [2.24, 2.45) is 17.0 Å². The van der Waals surface area contributed by atoms with Crippen molar-refractivity contribution in [2.75, 3.05) is 6.61 Å². The lowest BCUT2D eigenvalue weighted by atomic mass is 9.89. The second kappa shape index (κ2) is 17.8. The summed E-state index contributed by atoms with van der Waals surface area (Å²) in [6, 6.07) is 0. The summed E-state index contributed by atoms with van der Waals surface area (Å²) in [7, 11) is -5.26. The van der Waals surface area contributed by atoms with Gasteiger partial charge in [-0.25, -0.2) is 0 Å². The molecule has 0 aliphatic heterocycles. The maximum Gasteiger partial charge on any atom is 0.292 e. The molecule has 9 heteroatoms. The fourth-order valence-corrected chi connectivity index (χ4v) is 8.01. The van der Waals surface area contributed by atoms with E-state index < -0.39 is 25.0 Å². The first-order valence-electron chi connectivity index (χ1n) is 15.6. The predicted octanol–water partition coefficient (Wildman–Crippen LogP) is 9.09. The Bertz CT molecular complexity index is 824. The molecule has 0 radical (unpaired) electrons.